The molecule has 0 radical (unpaired) electrons. The molecule has 0 aromatic heterocycles. The molecule has 8 heteroatoms. The summed E-state index contributed by atoms with van der Waals surface area (Å²) in [4.78, 5) is 46.9. The predicted molar refractivity (Wildman–Crippen MR) is 138 cm³/mol. The zero-order valence-corrected chi connectivity index (χ0v) is 20.7. The first-order valence-corrected chi connectivity index (χ1v) is 11.3. The Morgan fingerprint density at radius 3 is 1.18 bits per heavy atom. The molecule has 192 valence electrons. The summed E-state index contributed by atoms with van der Waals surface area (Å²) in [6, 6.07) is 29.9. The lowest BCUT2D eigenvalue weighted by Gasteiger charge is -2.09. The maximum atomic E-state index is 12.4. The normalized spacial score (nSPS) is 9.74. The molecule has 0 saturated heterocycles. The minimum absolute atomic E-state index is 0.155. The minimum atomic E-state index is -0.609. The molecule has 0 heterocycles. The van der Waals surface area contributed by atoms with Gasteiger partial charge in [0.1, 0.15) is 11.5 Å². The Bertz CT molecular complexity index is 1290. The molecule has 4 aromatic carbocycles. The second-order valence-corrected chi connectivity index (χ2v) is 7.51. The van der Waals surface area contributed by atoms with Crippen molar-refractivity contribution >= 4 is 23.9 Å². The van der Waals surface area contributed by atoms with E-state index in [1.54, 1.807) is 78.9 Å². The van der Waals surface area contributed by atoms with Gasteiger partial charge in [-0.25, -0.2) is 19.2 Å². The van der Waals surface area contributed by atoms with E-state index in [2.05, 4.69) is 9.47 Å². The van der Waals surface area contributed by atoms with E-state index in [0.29, 0.717) is 22.6 Å². The number of ether oxygens (including phenoxy) is 4. The Morgan fingerprint density at radius 1 is 0.447 bits per heavy atom. The van der Waals surface area contributed by atoms with Crippen LogP contribution in [0.15, 0.2) is 109 Å². The molecule has 4 aromatic rings. The number of esters is 4. The summed E-state index contributed by atoms with van der Waals surface area (Å²) in [5.74, 6) is -1.35. The highest BCUT2D eigenvalue weighted by Crippen LogP contribution is 2.18. The molecule has 0 aliphatic carbocycles. The molecule has 0 unspecified atom stereocenters. The third-order valence-electron chi connectivity index (χ3n) is 4.98. The second-order valence-electron chi connectivity index (χ2n) is 7.51. The average Bonchev–Trinajstić information content (AvgIpc) is 2.97. The SMILES string of the molecule is COC(=O)c1cccc(C(=O)OC)c1.O=C(Oc1ccccc1)c1ccccc1C(=O)Oc1ccccc1. The number of methoxy groups -OCH3 is 2. The van der Waals surface area contributed by atoms with Crippen LogP contribution in [0, 0.1) is 0 Å². The number of para-hydroxylation sites is 2. The van der Waals surface area contributed by atoms with Crippen molar-refractivity contribution in [3.8, 4) is 11.5 Å². The van der Waals surface area contributed by atoms with Crippen LogP contribution in [0.1, 0.15) is 41.4 Å². The van der Waals surface area contributed by atoms with Crippen LogP contribution in [0.4, 0.5) is 0 Å². The third-order valence-corrected chi connectivity index (χ3v) is 4.98. The zero-order chi connectivity index (χ0) is 27.3. The van der Waals surface area contributed by atoms with E-state index < -0.39 is 23.9 Å². The van der Waals surface area contributed by atoms with E-state index in [1.807, 2.05) is 12.1 Å². The largest absolute Gasteiger partial charge is 0.465 e. The van der Waals surface area contributed by atoms with Gasteiger partial charge in [-0.15, -0.1) is 0 Å². The van der Waals surface area contributed by atoms with Crippen molar-refractivity contribution in [2.75, 3.05) is 14.2 Å². The molecule has 0 N–H and O–H groups in total. The zero-order valence-electron chi connectivity index (χ0n) is 20.7. The number of carbonyl (C=O) groups excluding carboxylic acids is 4. The molecule has 0 fully saturated rings. The first-order chi connectivity index (χ1) is 18.4. The Morgan fingerprint density at radius 2 is 0.816 bits per heavy atom. The number of hydrogen-bond acceptors (Lipinski definition) is 8. The van der Waals surface area contributed by atoms with Gasteiger partial charge in [0.2, 0.25) is 0 Å². The standard InChI is InChI=1S/C20H14O4.C10H10O4/c21-19(23-15-9-3-1-4-10-15)17-13-7-8-14-18(17)20(22)24-16-11-5-2-6-12-16;1-13-9(11)7-4-3-5-8(6-7)10(12)14-2/h1-14H;3-6H,1-2H3. The van der Waals surface area contributed by atoms with E-state index >= 15 is 0 Å². The van der Waals surface area contributed by atoms with Crippen LogP contribution in [-0.2, 0) is 9.47 Å². The quantitative estimate of drug-likeness (QED) is 0.250. The van der Waals surface area contributed by atoms with E-state index in [4.69, 9.17) is 9.47 Å². The molecule has 4 rings (SSSR count). The Labute approximate surface area is 219 Å². The van der Waals surface area contributed by atoms with Crippen molar-refractivity contribution in [2.45, 2.75) is 0 Å². The fraction of sp³-hybridized carbons (Fsp3) is 0.0667. The summed E-state index contributed by atoms with van der Waals surface area (Å²) in [7, 11) is 2.57. The van der Waals surface area contributed by atoms with Crippen molar-refractivity contribution in [3.63, 3.8) is 0 Å². The van der Waals surface area contributed by atoms with Crippen molar-refractivity contribution in [1.29, 1.82) is 0 Å². The van der Waals surface area contributed by atoms with E-state index in [9.17, 15) is 19.2 Å². The minimum Gasteiger partial charge on any atom is -0.465 e. The van der Waals surface area contributed by atoms with Gasteiger partial charge in [-0.1, -0.05) is 54.6 Å². The van der Waals surface area contributed by atoms with Gasteiger partial charge in [-0.3, -0.25) is 0 Å². The highest BCUT2D eigenvalue weighted by atomic mass is 16.5. The van der Waals surface area contributed by atoms with Gasteiger partial charge in [0, 0.05) is 0 Å². The van der Waals surface area contributed by atoms with Crippen LogP contribution in [0.25, 0.3) is 0 Å². The summed E-state index contributed by atoms with van der Waals surface area (Å²) in [6.07, 6.45) is 0. The molecular formula is C30H24O8. The van der Waals surface area contributed by atoms with Crippen LogP contribution in [0.2, 0.25) is 0 Å². The summed E-state index contributed by atoms with van der Waals surface area (Å²) < 4.78 is 19.6. The van der Waals surface area contributed by atoms with Gasteiger partial charge in [-0.2, -0.15) is 0 Å². The van der Waals surface area contributed by atoms with Crippen LogP contribution < -0.4 is 9.47 Å². The van der Waals surface area contributed by atoms with Crippen LogP contribution in [0.5, 0.6) is 11.5 Å². The molecule has 0 aliphatic rings. The van der Waals surface area contributed by atoms with Gasteiger partial charge in [0.05, 0.1) is 36.5 Å². The topological polar surface area (TPSA) is 105 Å². The molecule has 0 atom stereocenters. The monoisotopic (exact) mass is 512 g/mol. The number of rotatable bonds is 6. The average molecular weight is 513 g/mol. The Kier molecular flexibility index (Phi) is 9.89. The van der Waals surface area contributed by atoms with Gasteiger partial charge >= 0.3 is 23.9 Å². The van der Waals surface area contributed by atoms with Crippen LogP contribution in [0.3, 0.4) is 0 Å². The lowest BCUT2D eigenvalue weighted by molar-refractivity contribution is 0.0597. The molecule has 0 aliphatic heterocycles. The number of carbonyl (C=O) groups is 4. The first-order valence-electron chi connectivity index (χ1n) is 11.3. The van der Waals surface area contributed by atoms with E-state index in [1.165, 1.54) is 32.4 Å². The highest BCUT2D eigenvalue weighted by molar-refractivity contribution is 6.04. The fourth-order valence-corrected chi connectivity index (χ4v) is 3.15. The van der Waals surface area contributed by atoms with Gasteiger partial charge < -0.3 is 18.9 Å². The van der Waals surface area contributed by atoms with E-state index in [-0.39, 0.29) is 11.1 Å². The van der Waals surface area contributed by atoms with Crippen molar-refractivity contribution < 1.29 is 38.1 Å². The summed E-state index contributed by atoms with van der Waals surface area (Å²) >= 11 is 0. The van der Waals surface area contributed by atoms with Crippen molar-refractivity contribution in [2.24, 2.45) is 0 Å². The molecule has 38 heavy (non-hydrogen) atoms. The third kappa shape index (κ3) is 7.63. The molecule has 8 nitrogen and oxygen atoms in total. The second kappa shape index (κ2) is 13.7. The molecule has 0 spiro atoms. The molecular weight excluding hydrogens is 488 g/mol. The maximum Gasteiger partial charge on any atom is 0.344 e. The smallest absolute Gasteiger partial charge is 0.344 e. The lowest BCUT2D eigenvalue weighted by Crippen LogP contribution is -2.17. The van der Waals surface area contributed by atoms with Crippen molar-refractivity contribution in [1.82, 2.24) is 0 Å². The lowest BCUT2D eigenvalue weighted by atomic mass is 10.1. The molecule has 0 bridgehead atoms. The highest BCUT2D eigenvalue weighted by Gasteiger charge is 2.20. The molecule has 0 amide bonds. The van der Waals surface area contributed by atoms with Crippen molar-refractivity contribution in [3.05, 3.63) is 131 Å². The number of benzene rings is 4. The van der Waals surface area contributed by atoms with E-state index in [0.717, 1.165) is 0 Å². The Hall–Kier alpha value is -5.24. The van der Waals surface area contributed by atoms with Gasteiger partial charge in [0.25, 0.3) is 0 Å². The maximum absolute atomic E-state index is 12.4. The first kappa shape index (κ1) is 27.3. The summed E-state index contributed by atoms with van der Waals surface area (Å²) in [5.41, 5.74) is 0.968. The molecule has 0 saturated carbocycles. The number of hydrogen-bond donors (Lipinski definition) is 0. The summed E-state index contributed by atoms with van der Waals surface area (Å²) in [5, 5.41) is 0. The fourth-order valence-electron chi connectivity index (χ4n) is 3.15. The van der Waals surface area contributed by atoms with Gasteiger partial charge in [-0.05, 0) is 54.6 Å². The van der Waals surface area contributed by atoms with Gasteiger partial charge in [0.15, 0.2) is 0 Å². The van der Waals surface area contributed by atoms with Crippen LogP contribution in [-0.4, -0.2) is 38.1 Å². The Balaban J connectivity index is 0.000000244. The predicted octanol–water partition coefficient (Wildman–Crippen LogP) is 5.38. The van der Waals surface area contributed by atoms with Crippen LogP contribution >= 0.6 is 0 Å². The summed E-state index contributed by atoms with van der Waals surface area (Å²) in [6.45, 7) is 0.